The Balaban J connectivity index is 1.41. The van der Waals surface area contributed by atoms with Crippen LogP contribution in [-0.2, 0) is 12.8 Å². The Kier molecular flexibility index (Phi) is 7.91. The van der Waals surface area contributed by atoms with Gasteiger partial charge in [0.25, 0.3) is 0 Å². The van der Waals surface area contributed by atoms with Gasteiger partial charge in [-0.3, -0.25) is 0 Å². The van der Waals surface area contributed by atoms with E-state index in [1.54, 1.807) is 43.5 Å². The second kappa shape index (κ2) is 11.6. The van der Waals surface area contributed by atoms with Crippen LogP contribution in [0.3, 0.4) is 0 Å². The number of carbonyl (C=O) groups is 1. The molecule has 3 aromatic carbocycles. The van der Waals surface area contributed by atoms with Gasteiger partial charge in [-0.25, -0.2) is 14.5 Å². The van der Waals surface area contributed by atoms with Crippen LogP contribution in [0.2, 0.25) is 5.02 Å². The number of aromatic nitrogens is 3. The van der Waals surface area contributed by atoms with E-state index in [0.29, 0.717) is 38.5 Å². The lowest BCUT2D eigenvalue weighted by atomic mass is 10.00. The number of carboxylic acid groups (broad SMARTS) is 1. The van der Waals surface area contributed by atoms with E-state index in [9.17, 15) is 23.1 Å². The van der Waals surface area contributed by atoms with Crippen LogP contribution in [0.15, 0.2) is 84.9 Å². The third-order valence-electron chi connectivity index (χ3n) is 6.55. The van der Waals surface area contributed by atoms with Crippen molar-refractivity contribution in [1.29, 1.82) is 0 Å². The molecule has 214 valence electrons. The van der Waals surface area contributed by atoms with Gasteiger partial charge in [-0.05, 0) is 66.1 Å². The van der Waals surface area contributed by atoms with Crippen molar-refractivity contribution in [2.24, 2.45) is 0 Å². The predicted octanol–water partition coefficient (Wildman–Crippen LogP) is 7.87. The quantitative estimate of drug-likeness (QED) is 0.197. The zero-order valence-electron chi connectivity index (χ0n) is 22.3. The zero-order valence-corrected chi connectivity index (χ0v) is 23.1. The van der Waals surface area contributed by atoms with E-state index < -0.39 is 23.5 Å². The number of aromatic carboxylic acids is 1. The summed E-state index contributed by atoms with van der Waals surface area (Å²) in [5, 5.41) is 13.4. The molecule has 1 N–H and O–H groups in total. The molecule has 42 heavy (non-hydrogen) atoms. The van der Waals surface area contributed by atoms with Crippen molar-refractivity contribution in [3.8, 4) is 39.7 Å². The van der Waals surface area contributed by atoms with Crippen molar-refractivity contribution in [1.82, 2.24) is 14.8 Å². The molecule has 7 nitrogen and oxygen atoms in total. The summed E-state index contributed by atoms with van der Waals surface area (Å²) in [4.78, 5) is 15.7. The summed E-state index contributed by atoms with van der Waals surface area (Å²) < 4.78 is 52.8. The third kappa shape index (κ3) is 5.94. The monoisotopic (exact) mass is 593 g/mol. The van der Waals surface area contributed by atoms with Gasteiger partial charge >= 0.3 is 12.1 Å². The topological polar surface area (TPSA) is 86.5 Å². The first-order chi connectivity index (χ1) is 20.0. The van der Waals surface area contributed by atoms with E-state index >= 15 is 0 Å². The number of rotatable bonds is 8. The van der Waals surface area contributed by atoms with E-state index in [1.807, 2.05) is 37.3 Å². The lowest BCUT2D eigenvalue weighted by Crippen LogP contribution is -2.14. The van der Waals surface area contributed by atoms with E-state index in [-0.39, 0.29) is 12.4 Å². The lowest BCUT2D eigenvalue weighted by Gasteiger charge is -2.15. The fourth-order valence-corrected chi connectivity index (χ4v) is 4.67. The van der Waals surface area contributed by atoms with Gasteiger partial charge < -0.3 is 14.6 Å². The van der Waals surface area contributed by atoms with E-state index in [2.05, 4.69) is 10.1 Å². The SMILES string of the molecule is COc1ccc(-c2ccc(COc3ccccc3-c3cccc(-n4nc(C(=O)O)cc4C(F)(F)F)n3)c(C)c2)c(Cl)c1. The van der Waals surface area contributed by atoms with Crippen LogP contribution in [0.1, 0.15) is 27.3 Å². The Labute approximate surface area is 243 Å². The molecular weight excluding hydrogens is 571 g/mol. The molecule has 0 atom stereocenters. The molecular formula is C31H23ClF3N3O4. The molecule has 0 aliphatic rings. The number of halogens is 4. The van der Waals surface area contributed by atoms with Gasteiger partial charge in [0, 0.05) is 17.2 Å². The molecule has 0 radical (unpaired) electrons. The first-order valence-corrected chi connectivity index (χ1v) is 13.0. The Morgan fingerprint density at radius 1 is 0.976 bits per heavy atom. The average Bonchev–Trinajstić information content (AvgIpc) is 3.44. The number of pyridine rings is 1. The van der Waals surface area contributed by atoms with Crippen molar-refractivity contribution in [3.63, 3.8) is 0 Å². The molecule has 5 aromatic rings. The van der Waals surface area contributed by atoms with Crippen LogP contribution in [0, 0.1) is 6.92 Å². The first-order valence-electron chi connectivity index (χ1n) is 12.6. The summed E-state index contributed by atoms with van der Waals surface area (Å²) in [6.45, 7) is 2.18. The van der Waals surface area contributed by atoms with Crippen LogP contribution in [0.25, 0.3) is 28.2 Å². The van der Waals surface area contributed by atoms with Crippen molar-refractivity contribution < 1.29 is 32.5 Å². The molecule has 11 heteroatoms. The molecule has 0 saturated carbocycles. The fourth-order valence-electron chi connectivity index (χ4n) is 4.40. The highest BCUT2D eigenvalue weighted by atomic mass is 35.5. The van der Waals surface area contributed by atoms with Crippen LogP contribution in [0.4, 0.5) is 13.2 Å². The Hall–Kier alpha value is -4.83. The molecule has 0 fully saturated rings. The fraction of sp³-hybridized carbons (Fsp3) is 0.129. The number of nitrogens with zero attached hydrogens (tertiary/aromatic N) is 3. The normalized spacial score (nSPS) is 11.4. The maximum Gasteiger partial charge on any atom is 0.433 e. The van der Waals surface area contributed by atoms with Gasteiger partial charge in [0.1, 0.15) is 18.1 Å². The minimum absolute atomic E-state index is 0.189. The predicted molar refractivity (Wildman–Crippen MR) is 151 cm³/mol. The third-order valence-corrected chi connectivity index (χ3v) is 6.86. The van der Waals surface area contributed by atoms with Gasteiger partial charge in [0.2, 0.25) is 0 Å². The van der Waals surface area contributed by atoms with Gasteiger partial charge in [-0.15, -0.1) is 0 Å². The summed E-state index contributed by atoms with van der Waals surface area (Å²) in [7, 11) is 1.58. The van der Waals surface area contributed by atoms with Crippen molar-refractivity contribution in [2.45, 2.75) is 19.7 Å². The summed E-state index contributed by atoms with van der Waals surface area (Å²) in [5.74, 6) is -0.638. The number of hydrogen-bond donors (Lipinski definition) is 1. The van der Waals surface area contributed by atoms with E-state index in [1.165, 1.54) is 12.1 Å². The summed E-state index contributed by atoms with van der Waals surface area (Å²) in [5.41, 5.74) is 2.58. The van der Waals surface area contributed by atoms with Gasteiger partial charge in [0.15, 0.2) is 17.2 Å². The number of hydrogen-bond acceptors (Lipinski definition) is 5. The average molecular weight is 594 g/mol. The minimum atomic E-state index is -4.84. The summed E-state index contributed by atoms with van der Waals surface area (Å²) in [6.07, 6.45) is -4.84. The highest BCUT2D eigenvalue weighted by Gasteiger charge is 2.37. The molecule has 2 aromatic heterocycles. The number of aryl methyl sites for hydroxylation is 1. The van der Waals surface area contributed by atoms with Crippen molar-refractivity contribution in [2.75, 3.05) is 7.11 Å². The number of benzene rings is 3. The van der Waals surface area contributed by atoms with Crippen molar-refractivity contribution >= 4 is 17.6 Å². The van der Waals surface area contributed by atoms with Crippen molar-refractivity contribution in [3.05, 3.63) is 112 Å². The summed E-state index contributed by atoms with van der Waals surface area (Å²) in [6, 6.07) is 23.3. The van der Waals surface area contributed by atoms with Crippen LogP contribution >= 0.6 is 11.6 Å². The maximum atomic E-state index is 13.7. The van der Waals surface area contributed by atoms with Crippen LogP contribution in [0.5, 0.6) is 11.5 Å². The molecule has 0 unspecified atom stereocenters. The Morgan fingerprint density at radius 3 is 2.45 bits per heavy atom. The van der Waals surface area contributed by atoms with Gasteiger partial charge in [0.05, 0.1) is 17.8 Å². The van der Waals surface area contributed by atoms with E-state index in [4.69, 9.17) is 21.1 Å². The van der Waals surface area contributed by atoms with Gasteiger partial charge in [-0.2, -0.15) is 18.3 Å². The van der Waals surface area contributed by atoms with Gasteiger partial charge in [-0.1, -0.05) is 48.0 Å². The number of ether oxygens (including phenoxy) is 2. The molecule has 2 heterocycles. The number of para-hydroxylation sites is 1. The molecule has 0 aliphatic carbocycles. The molecule has 0 amide bonds. The second-order valence-electron chi connectivity index (χ2n) is 9.28. The summed E-state index contributed by atoms with van der Waals surface area (Å²) >= 11 is 6.45. The Bertz CT molecular complexity index is 1790. The molecule has 0 spiro atoms. The van der Waals surface area contributed by atoms with Crippen LogP contribution < -0.4 is 9.47 Å². The smallest absolute Gasteiger partial charge is 0.433 e. The molecule has 0 aliphatic heterocycles. The zero-order chi connectivity index (χ0) is 30.0. The Morgan fingerprint density at radius 2 is 1.76 bits per heavy atom. The highest BCUT2D eigenvalue weighted by Crippen LogP contribution is 2.35. The lowest BCUT2D eigenvalue weighted by molar-refractivity contribution is -0.142. The molecule has 5 rings (SSSR count). The number of methoxy groups -OCH3 is 1. The molecule has 0 saturated heterocycles. The minimum Gasteiger partial charge on any atom is -0.497 e. The number of alkyl halides is 3. The standard InChI is InChI=1S/C31H23ClF3N3O4/c1-18-14-19(22-13-12-21(41-2)15-24(22)32)10-11-20(18)17-42-27-8-4-3-6-23(27)25-7-5-9-29(36-25)38-28(31(33,34)35)16-26(37-38)30(39)40/h3-16H,17H2,1-2H3,(H,39,40). The first kappa shape index (κ1) is 28.7. The van der Waals surface area contributed by atoms with E-state index in [0.717, 1.165) is 22.3 Å². The maximum absolute atomic E-state index is 13.7. The molecule has 0 bridgehead atoms. The number of carboxylic acids is 1. The second-order valence-corrected chi connectivity index (χ2v) is 9.69. The van der Waals surface area contributed by atoms with Crippen LogP contribution in [-0.4, -0.2) is 33.0 Å². The highest BCUT2D eigenvalue weighted by molar-refractivity contribution is 6.33. The largest absolute Gasteiger partial charge is 0.497 e.